The molecule has 0 aliphatic rings. The van der Waals surface area contributed by atoms with E-state index >= 15 is 0 Å². The van der Waals surface area contributed by atoms with Gasteiger partial charge >= 0.3 is 0 Å². The fourth-order valence-electron chi connectivity index (χ4n) is 1.68. The Bertz CT molecular complexity index is 588. The summed E-state index contributed by atoms with van der Waals surface area (Å²) < 4.78 is 5.18. The van der Waals surface area contributed by atoms with Crippen molar-refractivity contribution < 1.29 is 9.53 Å². The summed E-state index contributed by atoms with van der Waals surface area (Å²) in [4.78, 5) is 13.1. The van der Waals surface area contributed by atoms with Crippen LogP contribution in [0.15, 0.2) is 41.8 Å². The van der Waals surface area contributed by atoms with Crippen molar-refractivity contribution >= 4 is 34.8 Å². The Morgan fingerprint density at radius 2 is 2.26 bits per heavy atom. The van der Waals surface area contributed by atoms with Crippen LogP contribution in [0.5, 0.6) is 5.75 Å². The lowest BCUT2D eigenvalue weighted by molar-refractivity contribution is 0.104. The minimum Gasteiger partial charge on any atom is -0.496 e. The number of carbonyl (C=O) groups is 1. The number of ketones is 1. The van der Waals surface area contributed by atoms with Crippen molar-refractivity contribution in [2.24, 2.45) is 0 Å². The van der Waals surface area contributed by atoms with Gasteiger partial charge in [0.15, 0.2) is 5.78 Å². The number of allylic oxidation sites excluding steroid dienone is 1. The molecule has 0 bridgehead atoms. The van der Waals surface area contributed by atoms with Crippen molar-refractivity contribution in [1.29, 1.82) is 0 Å². The predicted octanol–water partition coefficient (Wildman–Crippen LogP) is 4.39. The fraction of sp³-hybridized carbons (Fsp3) is 0.133. The Morgan fingerprint density at radius 1 is 1.42 bits per heavy atom. The lowest BCUT2D eigenvalue weighted by atomic mass is 10.1. The molecule has 0 saturated heterocycles. The molecule has 19 heavy (non-hydrogen) atoms. The van der Waals surface area contributed by atoms with E-state index in [1.807, 2.05) is 23.6 Å². The van der Waals surface area contributed by atoms with Crippen LogP contribution in [0.1, 0.15) is 20.8 Å². The highest BCUT2D eigenvalue weighted by molar-refractivity contribution is 7.10. The summed E-state index contributed by atoms with van der Waals surface area (Å²) in [5, 5.41) is 1.98. The van der Waals surface area contributed by atoms with Gasteiger partial charge < -0.3 is 4.74 Å². The zero-order valence-electron chi connectivity index (χ0n) is 10.4. The first-order valence-corrected chi connectivity index (χ1v) is 7.15. The minimum absolute atomic E-state index is 0.0394. The third-order valence-electron chi connectivity index (χ3n) is 2.65. The summed E-state index contributed by atoms with van der Waals surface area (Å²) in [7, 11) is 1.59. The maximum Gasteiger partial charge on any atom is 0.185 e. The second-order valence-electron chi connectivity index (χ2n) is 3.87. The first kappa shape index (κ1) is 13.8. The van der Waals surface area contributed by atoms with Gasteiger partial charge in [-0.05, 0) is 41.8 Å². The van der Waals surface area contributed by atoms with Gasteiger partial charge in [0.05, 0.1) is 13.0 Å². The standard InChI is InChI=1S/C15H13ClO2S/c1-18-15-7-4-11(9-12(15)10-16)14(17)6-5-13-3-2-8-19-13/h2-9H,10H2,1H3/b6-5+. The fourth-order valence-corrected chi connectivity index (χ4v) is 2.50. The number of carbonyl (C=O) groups excluding carboxylic acids is 1. The van der Waals surface area contributed by atoms with Crippen LogP contribution in [0.2, 0.25) is 0 Å². The van der Waals surface area contributed by atoms with Gasteiger partial charge in [0, 0.05) is 16.0 Å². The third-order valence-corrected chi connectivity index (χ3v) is 3.78. The van der Waals surface area contributed by atoms with Crippen molar-refractivity contribution in [3.63, 3.8) is 0 Å². The largest absolute Gasteiger partial charge is 0.496 e. The Morgan fingerprint density at radius 3 is 2.89 bits per heavy atom. The van der Waals surface area contributed by atoms with Gasteiger partial charge in [-0.1, -0.05) is 6.07 Å². The minimum atomic E-state index is -0.0394. The molecule has 1 heterocycles. The highest BCUT2D eigenvalue weighted by atomic mass is 35.5. The normalized spacial score (nSPS) is 10.8. The molecule has 0 unspecified atom stereocenters. The molecule has 0 atom stereocenters. The van der Waals surface area contributed by atoms with Crippen LogP contribution in [0.4, 0.5) is 0 Å². The van der Waals surface area contributed by atoms with E-state index in [0.717, 1.165) is 10.4 Å². The van der Waals surface area contributed by atoms with Gasteiger partial charge in [-0.15, -0.1) is 22.9 Å². The lowest BCUT2D eigenvalue weighted by Gasteiger charge is -2.06. The first-order valence-electron chi connectivity index (χ1n) is 5.73. The van der Waals surface area contributed by atoms with E-state index in [-0.39, 0.29) is 5.78 Å². The Kier molecular flexibility index (Phi) is 4.77. The molecule has 1 aromatic heterocycles. The second kappa shape index (κ2) is 6.55. The van der Waals surface area contributed by atoms with Gasteiger partial charge in [0.1, 0.15) is 5.75 Å². The quantitative estimate of drug-likeness (QED) is 0.464. The Balaban J connectivity index is 2.19. The molecule has 0 N–H and O–H groups in total. The molecule has 0 fully saturated rings. The number of alkyl halides is 1. The van der Waals surface area contributed by atoms with E-state index in [4.69, 9.17) is 16.3 Å². The molecular weight excluding hydrogens is 280 g/mol. The topological polar surface area (TPSA) is 26.3 Å². The smallest absolute Gasteiger partial charge is 0.185 e. The molecule has 0 aliphatic carbocycles. The molecule has 2 aromatic rings. The SMILES string of the molecule is COc1ccc(C(=O)/C=C/c2cccs2)cc1CCl. The first-order chi connectivity index (χ1) is 9.24. The highest BCUT2D eigenvalue weighted by Crippen LogP contribution is 2.22. The molecule has 1 aromatic carbocycles. The van der Waals surface area contributed by atoms with Crippen molar-refractivity contribution in [2.45, 2.75) is 5.88 Å². The van der Waals surface area contributed by atoms with Crippen molar-refractivity contribution in [3.8, 4) is 5.75 Å². The van der Waals surface area contributed by atoms with Gasteiger partial charge in [0.2, 0.25) is 0 Å². The molecule has 2 nitrogen and oxygen atoms in total. The van der Waals surface area contributed by atoms with Crippen molar-refractivity contribution in [1.82, 2.24) is 0 Å². The van der Waals surface area contributed by atoms with E-state index in [1.54, 1.807) is 42.7 Å². The van der Waals surface area contributed by atoms with Gasteiger partial charge in [-0.25, -0.2) is 0 Å². The summed E-state index contributed by atoms with van der Waals surface area (Å²) in [5.74, 6) is 0.982. The van der Waals surface area contributed by atoms with Crippen LogP contribution in [0, 0.1) is 0 Å². The second-order valence-corrected chi connectivity index (χ2v) is 5.12. The van der Waals surface area contributed by atoms with Crippen molar-refractivity contribution in [2.75, 3.05) is 7.11 Å². The monoisotopic (exact) mass is 292 g/mol. The van der Waals surface area contributed by atoms with E-state index in [9.17, 15) is 4.79 Å². The van der Waals surface area contributed by atoms with Crippen LogP contribution in [-0.2, 0) is 5.88 Å². The molecule has 0 amide bonds. The Labute approximate surface area is 121 Å². The number of thiophene rings is 1. The summed E-state index contributed by atoms with van der Waals surface area (Å²) in [6.45, 7) is 0. The molecule has 2 rings (SSSR count). The van der Waals surface area contributed by atoms with Crippen molar-refractivity contribution in [3.05, 3.63) is 57.8 Å². The van der Waals surface area contributed by atoms with Crippen LogP contribution in [-0.4, -0.2) is 12.9 Å². The summed E-state index contributed by atoms with van der Waals surface area (Å²) in [6.07, 6.45) is 3.39. The van der Waals surface area contributed by atoms with E-state index in [2.05, 4.69) is 0 Å². The van der Waals surface area contributed by atoms with Crippen LogP contribution >= 0.6 is 22.9 Å². The maximum atomic E-state index is 12.0. The van der Waals surface area contributed by atoms with Crippen LogP contribution < -0.4 is 4.74 Å². The number of benzene rings is 1. The van der Waals surface area contributed by atoms with Gasteiger partial charge in [-0.3, -0.25) is 4.79 Å². The zero-order chi connectivity index (χ0) is 13.7. The molecular formula is C15H13ClO2S. The zero-order valence-corrected chi connectivity index (χ0v) is 12.0. The summed E-state index contributed by atoms with van der Waals surface area (Å²) in [5.41, 5.74) is 1.43. The van der Waals surface area contributed by atoms with Gasteiger partial charge in [0.25, 0.3) is 0 Å². The number of rotatable bonds is 5. The number of hydrogen-bond acceptors (Lipinski definition) is 3. The van der Waals surface area contributed by atoms with Gasteiger partial charge in [-0.2, -0.15) is 0 Å². The number of halogens is 1. The number of hydrogen-bond donors (Lipinski definition) is 0. The van der Waals surface area contributed by atoms with Crippen LogP contribution in [0.25, 0.3) is 6.08 Å². The molecule has 0 radical (unpaired) electrons. The third kappa shape index (κ3) is 3.46. The van der Waals surface area contributed by atoms with E-state index in [0.29, 0.717) is 17.2 Å². The summed E-state index contributed by atoms with van der Waals surface area (Å²) in [6, 6.07) is 9.20. The van der Waals surface area contributed by atoms with E-state index < -0.39 is 0 Å². The maximum absolute atomic E-state index is 12.0. The molecule has 98 valence electrons. The molecule has 0 spiro atoms. The lowest BCUT2D eigenvalue weighted by Crippen LogP contribution is -1.97. The summed E-state index contributed by atoms with van der Waals surface area (Å²) >= 11 is 7.43. The van der Waals surface area contributed by atoms with Crippen LogP contribution in [0.3, 0.4) is 0 Å². The Hall–Kier alpha value is -1.58. The highest BCUT2D eigenvalue weighted by Gasteiger charge is 2.07. The predicted molar refractivity (Wildman–Crippen MR) is 80.2 cm³/mol. The number of methoxy groups -OCH3 is 1. The molecule has 0 aliphatic heterocycles. The molecule has 4 heteroatoms. The van der Waals surface area contributed by atoms with E-state index in [1.165, 1.54) is 0 Å². The average molecular weight is 293 g/mol. The number of ether oxygens (including phenoxy) is 1. The average Bonchev–Trinajstić information content (AvgIpc) is 2.97. The molecule has 0 saturated carbocycles.